The van der Waals surface area contributed by atoms with E-state index in [2.05, 4.69) is 25.6 Å². The molecule has 2 aromatic heterocycles. The topological polar surface area (TPSA) is 188 Å². The molecule has 2 fully saturated rings. The highest BCUT2D eigenvalue weighted by molar-refractivity contribution is 6.02. The van der Waals surface area contributed by atoms with Crippen LogP contribution in [0.25, 0.3) is 33.5 Å². The van der Waals surface area contributed by atoms with Crippen molar-refractivity contribution in [3.63, 3.8) is 0 Å². The fourth-order valence-corrected chi connectivity index (χ4v) is 6.14. The van der Waals surface area contributed by atoms with Crippen molar-refractivity contribution < 1.29 is 47.5 Å². The maximum atomic E-state index is 13.5. The summed E-state index contributed by atoms with van der Waals surface area (Å²) in [6.07, 6.45) is -4.93. The van der Waals surface area contributed by atoms with Crippen LogP contribution in [0.4, 0.5) is 4.79 Å². The van der Waals surface area contributed by atoms with Crippen LogP contribution in [-0.2, 0) is 39.8 Å². The molecule has 258 valence electrons. The average Bonchev–Trinajstić information content (AvgIpc) is 3.93. The van der Waals surface area contributed by atoms with Gasteiger partial charge in [-0.1, -0.05) is 54.6 Å². The molecule has 16 nitrogen and oxygen atoms in total. The molecule has 0 bridgehead atoms. The van der Waals surface area contributed by atoms with Crippen molar-refractivity contribution in [3.8, 4) is 28.5 Å². The number of carbonyl (C=O) groups excluding carboxylic acids is 3. The van der Waals surface area contributed by atoms with E-state index in [1.54, 1.807) is 22.8 Å². The van der Waals surface area contributed by atoms with Gasteiger partial charge in [-0.25, -0.2) is 9.59 Å². The Labute approximate surface area is 284 Å². The molecule has 0 saturated carbocycles. The Kier molecular flexibility index (Phi) is 9.35. The molecule has 1 unspecified atom stereocenters. The molecule has 3 aromatic carbocycles. The molecule has 50 heavy (non-hydrogen) atoms. The molecule has 1 N–H and O–H groups in total. The average molecular weight is 685 g/mol. The largest absolute Gasteiger partial charge is 0.511 e. The van der Waals surface area contributed by atoms with Crippen LogP contribution in [0.2, 0.25) is 0 Å². The second-order valence-corrected chi connectivity index (χ2v) is 11.4. The Hall–Kier alpha value is -5.87. The number of hydrogen-bond donors (Lipinski definition) is 1. The van der Waals surface area contributed by atoms with Gasteiger partial charge in [0.25, 0.3) is 12.5 Å². The Bertz CT molecular complexity index is 1980. The maximum absolute atomic E-state index is 13.5. The number of hydrogen-bond acceptors (Lipinski definition) is 14. The number of aromatic nitrogens is 6. The zero-order valence-electron chi connectivity index (χ0n) is 27.0. The summed E-state index contributed by atoms with van der Waals surface area (Å²) in [5, 5.41) is 14.4. The van der Waals surface area contributed by atoms with Crippen LogP contribution in [0.15, 0.2) is 66.7 Å². The Balaban J connectivity index is 1.06. The molecule has 0 spiro atoms. The number of aromatic amines is 1. The summed E-state index contributed by atoms with van der Waals surface area (Å²) in [6, 6.07) is 21.1. The fraction of sp³-hybridized carbons (Fsp3) is 0.324. The summed E-state index contributed by atoms with van der Waals surface area (Å²) in [5.74, 6) is -0.251. The second-order valence-electron chi connectivity index (χ2n) is 11.4. The highest BCUT2D eigenvalue weighted by Gasteiger charge is 2.51. The van der Waals surface area contributed by atoms with Gasteiger partial charge in [0, 0.05) is 12.5 Å². The minimum absolute atomic E-state index is 0.0295. The fourth-order valence-electron chi connectivity index (χ4n) is 6.14. The quantitative estimate of drug-likeness (QED) is 0.0867. The van der Waals surface area contributed by atoms with Crippen LogP contribution in [0.1, 0.15) is 29.8 Å². The van der Waals surface area contributed by atoms with E-state index in [1.165, 1.54) is 6.92 Å². The van der Waals surface area contributed by atoms with E-state index in [1.807, 2.05) is 55.5 Å². The third kappa shape index (κ3) is 6.57. The predicted octanol–water partition coefficient (Wildman–Crippen LogP) is 3.69. The van der Waals surface area contributed by atoms with Crippen LogP contribution in [0, 0.1) is 0 Å². The number of ether oxygens (including phenoxy) is 7. The number of esters is 1. The number of carbonyl (C=O) groups is 3. The van der Waals surface area contributed by atoms with Crippen molar-refractivity contribution in [1.82, 2.24) is 30.2 Å². The lowest BCUT2D eigenvalue weighted by Gasteiger charge is -2.19. The summed E-state index contributed by atoms with van der Waals surface area (Å²) >= 11 is 0. The van der Waals surface area contributed by atoms with E-state index in [4.69, 9.17) is 33.2 Å². The molecule has 16 heteroatoms. The Morgan fingerprint density at radius 3 is 2.48 bits per heavy atom. The van der Waals surface area contributed by atoms with Crippen LogP contribution in [-0.4, -0.2) is 99.3 Å². The summed E-state index contributed by atoms with van der Waals surface area (Å²) in [6.45, 7) is 4.39. The van der Waals surface area contributed by atoms with Crippen molar-refractivity contribution in [3.05, 3.63) is 77.9 Å². The molecule has 0 radical (unpaired) electrons. The molecular formula is C34H32N6O10. The lowest BCUT2D eigenvalue weighted by Crippen LogP contribution is -2.35. The lowest BCUT2D eigenvalue weighted by molar-refractivity contribution is -0.138. The van der Waals surface area contributed by atoms with E-state index in [0.29, 0.717) is 42.5 Å². The van der Waals surface area contributed by atoms with Gasteiger partial charge in [0.05, 0.1) is 43.0 Å². The first-order chi connectivity index (χ1) is 24.4. The minimum atomic E-state index is -1.30. The van der Waals surface area contributed by atoms with Crippen LogP contribution >= 0.6 is 0 Å². The number of fused-ring (bicyclic) bond motifs is 2. The van der Waals surface area contributed by atoms with Crippen LogP contribution < -0.4 is 4.74 Å². The summed E-state index contributed by atoms with van der Waals surface area (Å²) in [5.41, 5.74) is 4.86. The van der Waals surface area contributed by atoms with Gasteiger partial charge in [-0.15, -0.1) is 10.2 Å². The number of benzene rings is 3. The number of nitrogens with zero attached hydrogens (tertiary/aromatic N) is 5. The molecular weight excluding hydrogens is 652 g/mol. The first kappa shape index (κ1) is 32.7. The summed E-state index contributed by atoms with van der Waals surface area (Å²) < 4.78 is 39.9. The number of para-hydroxylation sites is 1. The van der Waals surface area contributed by atoms with E-state index in [0.717, 1.165) is 22.3 Å². The van der Waals surface area contributed by atoms with E-state index >= 15 is 0 Å². The van der Waals surface area contributed by atoms with Crippen molar-refractivity contribution >= 4 is 29.6 Å². The molecule has 0 amide bonds. The maximum Gasteiger partial charge on any atom is 0.511 e. The van der Waals surface area contributed by atoms with Gasteiger partial charge in [0.1, 0.15) is 12.2 Å². The van der Waals surface area contributed by atoms with E-state index in [9.17, 15) is 14.4 Å². The van der Waals surface area contributed by atoms with Gasteiger partial charge >= 0.3 is 12.1 Å². The van der Waals surface area contributed by atoms with Crippen LogP contribution in [0.5, 0.6) is 6.01 Å². The first-order valence-corrected chi connectivity index (χ1v) is 15.9. The standard InChI is InChI=1S/C34H32N6O10/c1-3-44-33-35-25-10-6-9-24(32(42)48-19(2)49-34(43)50-27-17-46-29-26(47-18-41)16-45-30(27)29)28(25)40(33)15-20-11-13-21(14-12-20)22-7-4-5-8-23(22)31-36-38-39-37-31/h4-14,18-19,26-27,29-30H,3,15-17H2,1-2H3,(H,36,37,38,39)/t19?,26-,27-,29-,30-/m1/s1. The van der Waals surface area contributed by atoms with Crippen LogP contribution in [0.3, 0.4) is 0 Å². The summed E-state index contributed by atoms with van der Waals surface area (Å²) in [4.78, 5) is 41.4. The van der Waals surface area contributed by atoms with Gasteiger partial charge in [-0.3, -0.25) is 9.36 Å². The predicted molar refractivity (Wildman–Crippen MR) is 172 cm³/mol. The van der Waals surface area contributed by atoms with Gasteiger partial charge in [-0.05, 0) is 41.0 Å². The zero-order valence-corrected chi connectivity index (χ0v) is 27.0. The SMILES string of the molecule is CCOc1nc2cccc(C(=O)OC(C)OC(=O)O[C@@H]3CO[C@H]4[C@@H]3OC[C@H]4OC=O)c2n1Cc1ccc(-c2ccccc2-c2nn[nH]n2)cc1. The summed E-state index contributed by atoms with van der Waals surface area (Å²) in [7, 11) is 0. The van der Waals surface area contributed by atoms with Gasteiger partial charge in [-0.2, -0.15) is 10.2 Å². The molecule has 7 rings (SSSR count). The van der Waals surface area contributed by atoms with Crippen molar-refractivity contribution in [1.29, 1.82) is 0 Å². The highest BCUT2D eigenvalue weighted by Crippen LogP contribution is 2.32. The van der Waals surface area contributed by atoms with E-state index in [-0.39, 0.29) is 18.8 Å². The Morgan fingerprint density at radius 1 is 0.980 bits per heavy atom. The van der Waals surface area contributed by atoms with Gasteiger partial charge < -0.3 is 33.2 Å². The molecule has 4 heterocycles. The number of tetrazole rings is 1. The molecule has 5 atom stereocenters. The normalized spacial score (nSPS) is 20.2. The number of rotatable bonds is 12. The third-order valence-electron chi connectivity index (χ3n) is 8.32. The van der Waals surface area contributed by atoms with Crippen molar-refractivity contribution in [2.75, 3.05) is 19.8 Å². The van der Waals surface area contributed by atoms with Gasteiger partial charge in [0.15, 0.2) is 12.2 Å². The van der Waals surface area contributed by atoms with E-state index < -0.39 is 42.8 Å². The van der Waals surface area contributed by atoms with Gasteiger partial charge in [0.2, 0.25) is 12.1 Å². The monoisotopic (exact) mass is 684 g/mol. The zero-order chi connectivity index (χ0) is 34.6. The lowest BCUT2D eigenvalue weighted by atomic mass is 9.98. The van der Waals surface area contributed by atoms with Crippen molar-refractivity contribution in [2.45, 2.75) is 51.1 Å². The number of imidazole rings is 1. The smallest absolute Gasteiger partial charge is 0.465 e. The molecule has 5 aromatic rings. The number of H-pyrrole nitrogens is 1. The molecule has 2 saturated heterocycles. The third-order valence-corrected chi connectivity index (χ3v) is 8.32. The highest BCUT2D eigenvalue weighted by atomic mass is 16.8. The minimum Gasteiger partial charge on any atom is -0.465 e. The van der Waals surface area contributed by atoms with Crippen molar-refractivity contribution in [2.24, 2.45) is 0 Å². The second kappa shape index (κ2) is 14.3. The molecule has 2 aliphatic rings. The molecule has 2 aliphatic heterocycles. The molecule has 0 aliphatic carbocycles. The Morgan fingerprint density at radius 2 is 1.74 bits per heavy atom. The number of nitrogens with one attached hydrogen (secondary N) is 1. The first-order valence-electron chi connectivity index (χ1n) is 15.9.